The predicted octanol–water partition coefficient (Wildman–Crippen LogP) is 4.08. The Hall–Kier alpha value is -3.34. The van der Waals surface area contributed by atoms with E-state index >= 15 is 0 Å². The van der Waals surface area contributed by atoms with Crippen molar-refractivity contribution in [3.8, 4) is 5.69 Å². The number of nitrogens with zero attached hydrogens (tertiary/aromatic N) is 1. The van der Waals surface area contributed by atoms with Gasteiger partial charge < -0.3 is 15.2 Å². The van der Waals surface area contributed by atoms with Gasteiger partial charge in [-0.1, -0.05) is 6.07 Å². The van der Waals surface area contributed by atoms with E-state index in [-0.39, 0.29) is 17.7 Å². The van der Waals surface area contributed by atoms with Crippen LogP contribution in [-0.4, -0.2) is 16.4 Å². The summed E-state index contributed by atoms with van der Waals surface area (Å²) in [5.74, 6) is 0.0101. The number of aromatic nitrogens is 1. The fourth-order valence-electron chi connectivity index (χ4n) is 2.76. The molecule has 0 saturated heterocycles. The number of amides is 2. The van der Waals surface area contributed by atoms with Gasteiger partial charge in [-0.05, 0) is 67.4 Å². The van der Waals surface area contributed by atoms with Crippen LogP contribution >= 0.6 is 0 Å². The number of benzene rings is 2. The summed E-state index contributed by atoms with van der Waals surface area (Å²) >= 11 is 0. The maximum atomic E-state index is 12.5. The number of hydrogen-bond donors (Lipinski definition) is 2. The lowest BCUT2D eigenvalue weighted by Crippen LogP contribution is -2.14. The maximum Gasteiger partial charge on any atom is 0.255 e. The monoisotopic (exact) mass is 345 g/mol. The third-order valence-electron chi connectivity index (χ3n) is 4.37. The number of hydrogen-bond acceptors (Lipinski definition) is 2. The molecule has 0 aliphatic heterocycles. The summed E-state index contributed by atoms with van der Waals surface area (Å²) in [6, 6.07) is 18.5. The molecule has 3 aromatic rings. The van der Waals surface area contributed by atoms with Crippen molar-refractivity contribution in [3.63, 3.8) is 0 Å². The third kappa shape index (κ3) is 3.67. The minimum Gasteiger partial charge on any atom is -0.326 e. The minimum atomic E-state index is -0.185. The fourth-order valence-corrected chi connectivity index (χ4v) is 2.76. The molecule has 0 atom stereocenters. The number of nitrogens with one attached hydrogen (secondary N) is 2. The van der Waals surface area contributed by atoms with Crippen molar-refractivity contribution in [2.45, 2.75) is 12.8 Å². The molecule has 4 rings (SSSR count). The molecule has 5 heteroatoms. The van der Waals surface area contributed by atoms with Gasteiger partial charge >= 0.3 is 0 Å². The highest BCUT2D eigenvalue weighted by molar-refractivity contribution is 6.04. The van der Waals surface area contributed by atoms with Gasteiger partial charge in [-0.25, -0.2) is 0 Å². The van der Waals surface area contributed by atoms with Crippen molar-refractivity contribution < 1.29 is 9.59 Å². The topological polar surface area (TPSA) is 63.1 Å². The van der Waals surface area contributed by atoms with Crippen LogP contribution in [-0.2, 0) is 4.79 Å². The lowest BCUT2D eigenvalue weighted by atomic mass is 10.2. The van der Waals surface area contributed by atoms with Crippen molar-refractivity contribution >= 4 is 23.2 Å². The SMILES string of the molecule is O=C(Nc1cccc(NC(=O)C2CC2)c1)c1ccc(-n2cccc2)cc1. The summed E-state index contributed by atoms with van der Waals surface area (Å²) in [7, 11) is 0. The van der Waals surface area contributed by atoms with Crippen molar-refractivity contribution in [1.82, 2.24) is 4.57 Å². The molecule has 1 saturated carbocycles. The molecular weight excluding hydrogens is 326 g/mol. The molecule has 0 bridgehead atoms. The fraction of sp³-hybridized carbons (Fsp3) is 0.143. The van der Waals surface area contributed by atoms with Gasteiger partial charge in [-0.3, -0.25) is 9.59 Å². The Balaban J connectivity index is 1.43. The highest BCUT2D eigenvalue weighted by Crippen LogP contribution is 2.30. The Kier molecular flexibility index (Phi) is 4.27. The third-order valence-corrected chi connectivity index (χ3v) is 4.37. The average Bonchev–Trinajstić information content (AvgIpc) is 3.37. The average molecular weight is 345 g/mol. The van der Waals surface area contributed by atoms with E-state index in [1.54, 1.807) is 24.3 Å². The van der Waals surface area contributed by atoms with Crippen LogP contribution < -0.4 is 10.6 Å². The molecule has 2 N–H and O–H groups in total. The lowest BCUT2D eigenvalue weighted by molar-refractivity contribution is -0.117. The van der Waals surface area contributed by atoms with Crippen LogP contribution in [0.4, 0.5) is 11.4 Å². The molecule has 130 valence electrons. The highest BCUT2D eigenvalue weighted by Gasteiger charge is 2.29. The zero-order valence-electron chi connectivity index (χ0n) is 14.2. The zero-order chi connectivity index (χ0) is 17.9. The Morgan fingerprint density at radius 2 is 1.50 bits per heavy atom. The van der Waals surface area contributed by atoms with Crippen molar-refractivity contribution in [2.24, 2.45) is 5.92 Å². The second kappa shape index (κ2) is 6.88. The first-order valence-electron chi connectivity index (χ1n) is 8.65. The van der Waals surface area contributed by atoms with Crippen molar-refractivity contribution in [2.75, 3.05) is 10.6 Å². The van der Waals surface area contributed by atoms with E-state index in [0.29, 0.717) is 16.9 Å². The molecule has 1 fully saturated rings. The Morgan fingerprint density at radius 3 is 2.15 bits per heavy atom. The van der Waals surface area contributed by atoms with E-state index in [1.165, 1.54) is 0 Å². The van der Waals surface area contributed by atoms with Crippen molar-refractivity contribution in [1.29, 1.82) is 0 Å². The van der Waals surface area contributed by atoms with E-state index in [0.717, 1.165) is 18.5 Å². The first kappa shape index (κ1) is 16.1. The van der Waals surface area contributed by atoms with Gasteiger partial charge in [0.2, 0.25) is 5.91 Å². The van der Waals surface area contributed by atoms with Gasteiger partial charge in [-0.2, -0.15) is 0 Å². The van der Waals surface area contributed by atoms with Crippen LogP contribution in [0.25, 0.3) is 5.69 Å². The molecule has 2 aromatic carbocycles. The summed E-state index contributed by atoms with van der Waals surface area (Å²) in [5.41, 5.74) is 2.92. The number of anilines is 2. The van der Waals surface area contributed by atoms with E-state index in [9.17, 15) is 9.59 Å². The summed E-state index contributed by atoms with van der Waals surface area (Å²) in [6.07, 6.45) is 5.83. The molecule has 0 radical (unpaired) electrons. The largest absolute Gasteiger partial charge is 0.326 e. The summed E-state index contributed by atoms with van der Waals surface area (Å²) in [4.78, 5) is 24.3. The van der Waals surface area contributed by atoms with Gasteiger partial charge in [0.15, 0.2) is 0 Å². The molecule has 1 heterocycles. The first-order chi connectivity index (χ1) is 12.7. The quantitative estimate of drug-likeness (QED) is 0.732. The van der Waals surface area contributed by atoms with Crippen LogP contribution in [0.2, 0.25) is 0 Å². The predicted molar refractivity (Wildman–Crippen MR) is 102 cm³/mol. The molecule has 2 amide bonds. The van der Waals surface area contributed by atoms with E-state index in [1.807, 2.05) is 53.4 Å². The van der Waals surface area contributed by atoms with Gasteiger partial charge in [0, 0.05) is 40.9 Å². The molecule has 1 aromatic heterocycles. The smallest absolute Gasteiger partial charge is 0.255 e. The van der Waals surface area contributed by atoms with Gasteiger partial charge in [0.05, 0.1) is 0 Å². The summed E-state index contributed by atoms with van der Waals surface area (Å²) in [5, 5.41) is 5.76. The molecule has 26 heavy (non-hydrogen) atoms. The Bertz CT molecular complexity index is 926. The van der Waals surface area contributed by atoms with Crippen LogP contribution in [0.1, 0.15) is 23.2 Å². The van der Waals surface area contributed by atoms with Gasteiger partial charge in [0.25, 0.3) is 5.91 Å². The second-order valence-corrected chi connectivity index (χ2v) is 6.44. The van der Waals surface area contributed by atoms with E-state index in [2.05, 4.69) is 10.6 Å². The number of carbonyl (C=O) groups excluding carboxylic acids is 2. The summed E-state index contributed by atoms with van der Waals surface area (Å²) in [6.45, 7) is 0. The lowest BCUT2D eigenvalue weighted by Gasteiger charge is -2.09. The van der Waals surface area contributed by atoms with Crippen LogP contribution in [0.15, 0.2) is 73.1 Å². The maximum absolute atomic E-state index is 12.5. The number of rotatable bonds is 5. The van der Waals surface area contributed by atoms with E-state index < -0.39 is 0 Å². The highest BCUT2D eigenvalue weighted by atomic mass is 16.2. The zero-order valence-corrected chi connectivity index (χ0v) is 14.2. The minimum absolute atomic E-state index is 0.0501. The van der Waals surface area contributed by atoms with Crippen LogP contribution in [0.5, 0.6) is 0 Å². The molecule has 0 unspecified atom stereocenters. The normalized spacial score (nSPS) is 13.2. The number of carbonyl (C=O) groups is 2. The molecule has 5 nitrogen and oxygen atoms in total. The van der Waals surface area contributed by atoms with E-state index in [4.69, 9.17) is 0 Å². The first-order valence-corrected chi connectivity index (χ1v) is 8.65. The standard InChI is InChI=1S/C21H19N3O2/c25-20(15-6-7-15)22-17-4-3-5-18(14-17)23-21(26)16-8-10-19(11-9-16)24-12-1-2-13-24/h1-5,8-15H,6-7H2,(H,22,25)(H,23,26). The molecule has 1 aliphatic rings. The Labute approximate surface area is 151 Å². The summed E-state index contributed by atoms with van der Waals surface area (Å²) < 4.78 is 1.98. The van der Waals surface area contributed by atoms with Crippen LogP contribution in [0, 0.1) is 5.92 Å². The second-order valence-electron chi connectivity index (χ2n) is 6.44. The van der Waals surface area contributed by atoms with Gasteiger partial charge in [0.1, 0.15) is 0 Å². The molecular formula is C21H19N3O2. The van der Waals surface area contributed by atoms with Crippen molar-refractivity contribution in [3.05, 3.63) is 78.6 Å². The van der Waals surface area contributed by atoms with Crippen LogP contribution in [0.3, 0.4) is 0 Å². The Morgan fingerprint density at radius 1 is 0.846 bits per heavy atom. The molecule has 0 spiro atoms. The van der Waals surface area contributed by atoms with Gasteiger partial charge in [-0.15, -0.1) is 0 Å². The molecule has 1 aliphatic carbocycles.